The number of rotatable bonds is 3. The van der Waals surface area contributed by atoms with Gasteiger partial charge in [0.2, 0.25) is 0 Å². The molecule has 3 heteroatoms. The standard InChI is InChI=1S/C14H21NOS/c1-10-3-4-13(11(2)7-10)17-12-5-6-14(15,8-12)9-16/h3-4,7,12,16H,5-6,8-9,15H2,1-2H3. The number of aliphatic hydroxyl groups excluding tert-OH is 1. The van der Waals surface area contributed by atoms with Crippen molar-refractivity contribution >= 4 is 11.8 Å². The van der Waals surface area contributed by atoms with Gasteiger partial charge in [0.05, 0.1) is 6.61 Å². The molecule has 0 amide bonds. The second-order valence-corrected chi connectivity index (χ2v) is 6.61. The fourth-order valence-electron chi connectivity index (χ4n) is 2.46. The summed E-state index contributed by atoms with van der Waals surface area (Å²) in [5.74, 6) is 0. The van der Waals surface area contributed by atoms with Crippen molar-refractivity contribution in [2.24, 2.45) is 5.73 Å². The molecule has 0 heterocycles. The first-order chi connectivity index (χ1) is 8.02. The molecule has 17 heavy (non-hydrogen) atoms. The summed E-state index contributed by atoms with van der Waals surface area (Å²) in [6, 6.07) is 6.58. The van der Waals surface area contributed by atoms with Gasteiger partial charge in [-0.25, -0.2) is 0 Å². The van der Waals surface area contributed by atoms with Gasteiger partial charge in [0.25, 0.3) is 0 Å². The maximum atomic E-state index is 9.27. The van der Waals surface area contributed by atoms with Gasteiger partial charge in [-0.1, -0.05) is 17.7 Å². The molecule has 0 spiro atoms. The normalized spacial score (nSPS) is 28.6. The third kappa shape index (κ3) is 3.03. The summed E-state index contributed by atoms with van der Waals surface area (Å²) in [6.45, 7) is 4.39. The summed E-state index contributed by atoms with van der Waals surface area (Å²) in [4.78, 5) is 1.35. The molecular weight excluding hydrogens is 230 g/mol. The molecule has 2 atom stereocenters. The van der Waals surface area contributed by atoms with Crippen LogP contribution in [0, 0.1) is 13.8 Å². The number of hydrogen-bond acceptors (Lipinski definition) is 3. The molecule has 1 aliphatic carbocycles. The molecule has 1 aromatic rings. The van der Waals surface area contributed by atoms with Crippen molar-refractivity contribution in [3.05, 3.63) is 29.3 Å². The zero-order valence-corrected chi connectivity index (χ0v) is 11.4. The fraction of sp³-hybridized carbons (Fsp3) is 0.571. The number of nitrogens with two attached hydrogens (primary N) is 1. The molecule has 0 radical (unpaired) electrons. The van der Waals surface area contributed by atoms with Crippen LogP contribution in [-0.2, 0) is 0 Å². The van der Waals surface area contributed by atoms with Gasteiger partial charge in [-0.15, -0.1) is 11.8 Å². The highest BCUT2D eigenvalue weighted by Crippen LogP contribution is 2.39. The Bertz CT molecular complexity index is 407. The maximum absolute atomic E-state index is 9.27. The monoisotopic (exact) mass is 251 g/mol. The average molecular weight is 251 g/mol. The minimum atomic E-state index is -0.337. The van der Waals surface area contributed by atoms with E-state index in [1.807, 2.05) is 11.8 Å². The lowest BCUT2D eigenvalue weighted by Gasteiger charge is -2.20. The van der Waals surface area contributed by atoms with Gasteiger partial charge in [0.15, 0.2) is 0 Å². The van der Waals surface area contributed by atoms with Crippen LogP contribution in [0.3, 0.4) is 0 Å². The maximum Gasteiger partial charge on any atom is 0.0611 e. The molecule has 2 unspecified atom stereocenters. The van der Waals surface area contributed by atoms with Crippen molar-refractivity contribution in [2.75, 3.05) is 6.61 Å². The third-order valence-electron chi connectivity index (χ3n) is 3.54. The van der Waals surface area contributed by atoms with Crippen LogP contribution in [0.4, 0.5) is 0 Å². The first-order valence-electron chi connectivity index (χ1n) is 6.16. The van der Waals surface area contributed by atoms with Gasteiger partial charge in [-0.05, 0) is 44.7 Å². The Morgan fingerprint density at radius 3 is 2.82 bits per heavy atom. The summed E-state index contributed by atoms with van der Waals surface area (Å²) < 4.78 is 0. The van der Waals surface area contributed by atoms with Gasteiger partial charge >= 0.3 is 0 Å². The van der Waals surface area contributed by atoms with Crippen LogP contribution in [0.15, 0.2) is 23.1 Å². The van der Waals surface area contributed by atoms with Gasteiger partial charge in [0.1, 0.15) is 0 Å². The SMILES string of the molecule is Cc1ccc(SC2CCC(N)(CO)C2)c(C)c1. The van der Waals surface area contributed by atoms with E-state index in [2.05, 4.69) is 32.0 Å². The molecular formula is C14H21NOS. The van der Waals surface area contributed by atoms with Gasteiger partial charge in [-0.3, -0.25) is 0 Å². The summed E-state index contributed by atoms with van der Waals surface area (Å²) in [7, 11) is 0. The van der Waals surface area contributed by atoms with E-state index in [0.717, 1.165) is 19.3 Å². The first-order valence-corrected chi connectivity index (χ1v) is 7.04. The summed E-state index contributed by atoms with van der Waals surface area (Å²) in [5, 5.41) is 9.82. The molecule has 1 aromatic carbocycles. The van der Waals surface area contributed by atoms with Crippen LogP contribution >= 0.6 is 11.8 Å². The molecule has 2 rings (SSSR count). The minimum Gasteiger partial charge on any atom is -0.394 e. The second kappa shape index (κ2) is 5.01. The zero-order valence-electron chi connectivity index (χ0n) is 10.6. The van der Waals surface area contributed by atoms with Crippen molar-refractivity contribution in [1.29, 1.82) is 0 Å². The Hall–Kier alpha value is -0.510. The predicted octanol–water partition coefficient (Wildman–Crippen LogP) is 2.64. The highest BCUT2D eigenvalue weighted by Gasteiger charge is 2.35. The summed E-state index contributed by atoms with van der Waals surface area (Å²) >= 11 is 1.91. The second-order valence-electron chi connectivity index (χ2n) is 5.27. The van der Waals surface area contributed by atoms with Crippen molar-refractivity contribution < 1.29 is 5.11 Å². The molecule has 1 saturated carbocycles. The van der Waals surface area contributed by atoms with Crippen LogP contribution in [0.1, 0.15) is 30.4 Å². The largest absolute Gasteiger partial charge is 0.394 e. The van der Waals surface area contributed by atoms with Gasteiger partial charge in [0, 0.05) is 15.7 Å². The molecule has 1 aliphatic rings. The lowest BCUT2D eigenvalue weighted by molar-refractivity contribution is 0.200. The van der Waals surface area contributed by atoms with E-state index in [0.29, 0.717) is 5.25 Å². The molecule has 0 saturated heterocycles. The Balaban J connectivity index is 2.03. The molecule has 0 aliphatic heterocycles. The molecule has 94 valence electrons. The van der Waals surface area contributed by atoms with E-state index in [1.165, 1.54) is 16.0 Å². The Morgan fingerprint density at radius 1 is 1.47 bits per heavy atom. The number of aliphatic hydroxyl groups is 1. The third-order valence-corrected chi connectivity index (χ3v) is 4.99. The molecule has 0 bridgehead atoms. The van der Waals surface area contributed by atoms with E-state index in [1.54, 1.807) is 0 Å². The number of hydrogen-bond donors (Lipinski definition) is 2. The van der Waals surface area contributed by atoms with Crippen molar-refractivity contribution in [2.45, 2.75) is 48.8 Å². The van der Waals surface area contributed by atoms with Crippen molar-refractivity contribution in [3.63, 3.8) is 0 Å². The van der Waals surface area contributed by atoms with Crippen LogP contribution in [0.25, 0.3) is 0 Å². The van der Waals surface area contributed by atoms with E-state index >= 15 is 0 Å². The number of thioether (sulfide) groups is 1. The highest BCUT2D eigenvalue weighted by atomic mass is 32.2. The quantitative estimate of drug-likeness (QED) is 0.868. The summed E-state index contributed by atoms with van der Waals surface area (Å²) in [6.07, 6.45) is 2.96. The van der Waals surface area contributed by atoms with Gasteiger partial charge in [-0.2, -0.15) is 0 Å². The lowest BCUT2D eigenvalue weighted by atomic mass is 10.0. The Morgan fingerprint density at radius 2 is 2.24 bits per heavy atom. The smallest absolute Gasteiger partial charge is 0.0611 e. The zero-order chi connectivity index (χ0) is 12.5. The lowest BCUT2D eigenvalue weighted by Crippen LogP contribution is -2.40. The van der Waals surface area contributed by atoms with Crippen LogP contribution in [-0.4, -0.2) is 22.5 Å². The van der Waals surface area contributed by atoms with E-state index in [4.69, 9.17) is 5.73 Å². The molecule has 1 fully saturated rings. The Labute approximate surface area is 108 Å². The van der Waals surface area contributed by atoms with E-state index in [-0.39, 0.29) is 12.1 Å². The predicted molar refractivity (Wildman–Crippen MR) is 73.4 cm³/mol. The number of benzene rings is 1. The summed E-state index contributed by atoms with van der Waals surface area (Å²) in [5.41, 5.74) is 8.41. The highest BCUT2D eigenvalue weighted by molar-refractivity contribution is 8.00. The van der Waals surface area contributed by atoms with E-state index < -0.39 is 0 Å². The average Bonchev–Trinajstić information content (AvgIpc) is 2.66. The molecule has 2 nitrogen and oxygen atoms in total. The minimum absolute atomic E-state index is 0.108. The molecule has 3 N–H and O–H groups in total. The topological polar surface area (TPSA) is 46.2 Å². The van der Waals surface area contributed by atoms with Crippen molar-refractivity contribution in [1.82, 2.24) is 0 Å². The van der Waals surface area contributed by atoms with E-state index in [9.17, 15) is 5.11 Å². The molecule has 0 aromatic heterocycles. The van der Waals surface area contributed by atoms with Crippen LogP contribution in [0.5, 0.6) is 0 Å². The van der Waals surface area contributed by atoms with Crippen molar-refractivity contribution in [3.8, 4) is 0 Å². The van der Waals surface area contributed by atoms with Crippen LogP contribution < -0.4 is 5.73 Å². The Kier molecular flexibility index (Phi) is 3.81. The van der Waals surface area contributed by atoms with Gasteiger partial charge < -0.3 is 10.8 Å². The number of aryl methyl sites for hydroxylation is 2. The fourth-order valence-corrected chi connectivity index (χ4v) is 3.86. The van der Waals surface area contributed by atoms with Crippen LogP contribution in [0.2, 0.25) is 0 Å². The first kappa shape index (κ1) is 12.9.